The molecule has 1 amide bonds. The number of aryl methyl sites for hydroxylation is 1. The lowest BCUT2D eigenvalue weighted by atomic mass is 10.2. The van der Waals surface area contributed by atoms with Crippen LogP contribution in [0.25, 0.3) is 0 Å². The number of halogens is 3. The molecule has 0 spiro atoms. The second kappa shape index (κ2) is 6.82. The number of benzene rings is 1. The van der Waals surface area contributed by atoms with Crippen molar-refractivity contribution in [3.63, 3.8) is 0 Å². The van der Waals surface area contributed by atoms with Crippen molar-refractivity contribution in [1.29, 1.82) is 0 Å². The van der Waals surface area contributed by atoms with Gasteiger partial charge < -0.3 is 4.74 Å². The number of hydroxylamine groups is 1. The van der Waals surface area contributed by atoms with Crippen molar-refractivity contribution < 1.29 is 22.2 Å². The van der Waals surface area contributed by atoms with Crippen LogP contribution in [0.15, 0.2) is 29.2 Å². The van der Waals surface area contributed by atoms with Gasteiger partial charge in [0.1, 0.15) is 6.61 Å². The standard InChI is InChI=1S/C10H10Cl3NO5S/c1-7-2-4-8(5-3-7)20(16,17)19-14-9(15)18-6-10(11,12)13/h2-5H,6H2,1H3,(H,14,15). The molecule has 6 nitrogen and oxygen atoms in total. The van der Waals surface area contributed by atoms with E-state index in [9.17, 15) is 13.2 Å². The zero-order chi connectivity index (χ0) is 15.4. The van der Waals surface area contributed by atoms with E-state index in [-0.39, 0.29) is 4.90 Å². The lowest BCUT2D eigenvalue weighted by molar-refractivity contribution is 0.104. The summed E-state index contributed by atoms with van der Waals surface area (Å²) in [4.78, 5) is 11.0. The number of hydrogen-bond donors (Lipinski definition) is 1. The zero-order valence-corrected chi connectivity index (χ0v) is 13.2. The number of nitrogens with one attached hydrogen (secondary N) is 1. The average Bonchev–Trinajstić information content (AvgIpc) is 2.34. The molecule has 0 saturated heterocycles. The number of carbonyl (C=O) groups is 1. The number of amides is 1. The second-order valence-corrected chi connectivity index (χ2v) is 7.71. The maximum atomic E-state index is 11.7. The van der Waals surface area contributed by atoms with Gasteiger partial charge in [-0.15, -0.1) is 4.28 Å². The Morgan fingerprint density at radius 3 is 2.30 bits per heavy atom. The van der Waals surface area contributed by atoms with E-state index in [1.54, 1.807) is 24.5 Å². The molecule has 0 atom stereocenters. The van der Waals surface area contributed by atoms with E-state index in [0.29, 0.717) is 0 Å². The number of hydrogen-bond acceptors (Lipinski definition) is 5. The van der Waals surface area contributed by atoms with Crippen LogP contribution in [0, 0.1) is 6.92 Å². The van der Waals surface area contributed by atoms with Crippen LogP contribution in [0.4, 0.5) is 4.79 Å². The monoisotopic (exact) mass is 361 g/mol. The molecular weight excluding hydrogens is 353 g/mol. The molecule has 0 fully saturated rings. The first-order valence-electron chi connectivity index (χ1n) is 5.10. The Bertz CT molecular complexity index is 568. The van der Waals surface area contributed by atoms with Crippen LogP contribution >= 0.6 is 34.8 Å². The summed E-state index contributed by atoms with van der Waals surface area (Å²) in [7, 11) is -4.14. The first-order chi connectivity index (χ1) is 9.10. The maximum Gasteiger partial charge on any atom is 0.432 e. The molecule has 1 aromatic rings. The molecule has 0 unspecified atom stereocenters. The summed E-state index contributed by atoms with van der Waals surface area (Å²) in [5.41, 5.74) is 2.46. The van der Waals surface area contributed by atoms with Gasteiger partial charge in [0.2, 0.25) is 3.79 Å². The molecule has 0 bridgehead atoms. The van der Waals surface area contributed by atoms with Gasteiger partial charge in [-0.1, -0.05) is 52.5 Å². The molecule has 0 aliphatic heterocycles. The normalized spacial score (nSPS) is 12.0. The quantitative estimate of drug-likeness (QED) is 0.658. The van der Waals surface area contributed by atoms with Crippen LogP contribution in [0.3, 0.4) is 0 Å². The lowest BCUT2D eigenvalue weighted by Gasteiger charge is -2.11. The predicted octanol–water partition coefficient (Wildman–Crippen LogP) is 2.71. The molecule has 0 heterocycles. The largest absolute Gasteiger partial charge is 0.443 e. The Labute approximate surface area is 131 Å². The Kier molecular flexibility index (Phi) is 5.91. The van der Waals surface area contributed by atoms with Crippen molar-refractivity contribution in [2.75, 3.05) is 6.61 Å². The summed E-state index contributed by atoms with van der Waals surface area (Å²) in [6, 6.07) is 5.83. The first-order valence-corrected chi connectivity index (χ1v) is 7.64. The molecule has 10 heteroatoms. The predicted molar refractivity (Wildman–Crippen MR) is 74.2 cm³/mol. The fourth-order valence-electron chi connectivity index (χ4n) is 1.02. The third-order valence-electron chi connectivity index (χ3n) is 1.91. The van der Waals surface area contributed by atoms with Gasteiger partial charge in [0.15, 0.2) is 0 Å². The summed E-state index contributed by atoms with van der Waals surface area (Å²) >= 11 is 16.0. The zero-order valence-electron chi connectivity index (χ0n) is 10.1. The summed E-state index contributed by atoms with van der Waals surface area (Å²) in [6.07, 6.45) is -1.20. The van der Waals surface area contributed by atoms with Crippen LogP contribution in [0.5, 0.6) is 0 Å². The van der Waals surface area contributed by atoms with Crippen LogP contribution in [-0.4, -0.2) is 24.9 Å². The van der Waals surface area contributed by atoms with E-state index in [1.165, 1.54) is 12.1 Å². The van der Waals surface area contributed by atoms with Crippen molar-refractivity contribution in [2.45, 2.75) is 15.6 Å². The number of rotatable bonds is 4. The summed E-state index contributed by atoms with van der Waals surface area (Å²) < 4.78 is 30.3. The summed E-state index contributed by atoms with van der Waals surface area (Å²) in [5.74, 6) is 0. The molecule has 0 aliphatic carbocycles. The first kappa shape index (κ1) is 17.3. The molecule has 112 valence electrons. The highest BCUT2D eigenvalue weighted by Gasteiger charge is 2.23. The number of carbonyl (C=O) groups excluding carboxylic acids is 1. The summed E-state index contributed by atoms with van der Waals surface area (Å²) in [6.45, 7) is 1.24. The molecular formula is C10H10Cl3NO5S. The van der Waals surface area contributed by atoms with Gasteiger partial charge in [-0.05, 0) is 19.1 Å². The molecule has 0 aliphatic rings. The van der Waals surface area contributed by atoms with Crippen molar-refractivity contribution >= 4 is 51.0 Å². The highest BCUT2D eigenvalue weighted by atomic mass is 35.6. The molecule has 0 aromatic heterocycles. The van der Waals surface area contributed by atoms with Gasteiger partial charge in [-0.3, -0.25) is 0 Å². The fraction of sp³-hybridized carbons (Fsp3) is 0.300. The smallest absolute Gasteiger partial charge is 0.432 e. The van der Waals surface area contributed by atoms with E-state index in [1.807, 2.05) is 0 Å². The Morgan fingerprint density at radius 1 is 1.25 bits per heavy atom. The lowest BCUT2D eigenvalue weighted by Crippen LogP contribution is -2.30. The van der Waals surface area contributed by atoms with Crippen LogP contribution in [0.1, 0.15) is 5.56 Å². The van der Waals surface area contributed by atoms with E-state index in [4.69, 9.17) is 34.8 Å². The van der Waals surface area contributed by atoms with Crippen molar-refractivity contribution in [2.24, 2.45) is 0 Å². The van der Waals surface area contributed by atoms with Crippen molar-refractivity contribution in [1.82, 2.24) is 5.48 Å². The van der Waals surface area contributed by atoms with Gasteiger partial charge in [0.25, 0.3) is 0 Å². The minimum atomic E-state index is -4.14. The topological polar surface area (TPSA) is 81.7 Å². The SMILES string of the molecule is Cc1ccc(S(=O)(=O)ONC(=O)OCC(Cl)(Cl)Cl)cc1. The average molecular weight is 363 g/mol. The minimum absolute atomic E-state index is 0.121. The molecule has 20 heavy (non-hydrogen) atoms. The molecule has 1 N–H and O–H groups in total. The minimum Gasteiger partial charge on any atom is -0.443 e. The van der Waals surface area contributed by atoms with Gasteiger partial charge in [0, 0.05) is 0 Å². The number of alkyl halides is 3. The van der Waals surface area contributed by atoms with E-state index in [0.717, 1.165) is 5.56 Å². The van der Waals surface area contributed by atoms with Crippen LogP contribution in [-0.2, 0) is 19.1 Å². The van der Waals surface area contributed by atoms with Gasteiger partial charge in [-0.2, -0.15) is 13.9 Å². The van der Waals surface area contributed by atoms with Crippen LogP contribution < -0.4 is 5.48 Å². The van der Waals surface area contributed by atoms with E-state index in [2.05, 4.69) is 9.02 Å². The Morgan fingerprint density at radius 2 is 1.80 bits per heavy atom. The van der Waals surface area contributed by atoms with E-state index >= 15 is 0 Å². The second-order valence-electron chi connectivity index (χ2n) is 3.64. The highest BCUT2D eigenvalue weighted by molar-refractivity contribution is 7.86. The summed E-state index contributed by atoms with van der Waals surface area (Å²) in [5, 5.41) is 0. The van der Waals surface area contributed by atoms with Gasteiger partial charge in [-0.25, -0.2) is 4.79 Å². The van der Waals surface area contributed by atoms with Crippen molar-refractivity contribution in [3.8, 4) is 0 Å². The van der Waals surface area contributed by atoms with Crippen LogP contribution in [0.2, 0.25) is 0 Å². The van der Waals surface area contributed by atoms with Gasteiger partial charge in [0.05, 0.1) is 4.90 Å². The highest BCUT2D eigenvalue weighted by Crippen LogP contribution is 2.25. The molecule has 1 rings (SSSR count). The van der Waals surface area contributed by atoms with E-state index < -0.39 is 26.6 Å². The fourth-order valence-corrected chi connectivity index (χ4v) is 1.93. The number of ether oxygens (including phenoxy) is 1. The maximum absolute atomic E-state index is 11.7. The third kappa shape index (κ3) is 6.15. The van der Waals surface area contributed by atoms with Crippen molar-refractivity contribution in [3.05, 3.63) is 29.8 Å². The van der Waals surface area contributed by atoms with Gasteiger partial charge >= 0.3 is 16.2 Å². The molecule has 1 aromatic carbocycles. The molecule has 0 radical (unpaired) electrons. The Balaban J connectivity index is 2.56. The Hall–Kier alpha value is -0.730. The molecule has 0 saturated carbocycles. The third-order valence-corrected chi connectivity index (χ3v) is 3.39.